The maximum atomic E-state index is 12.4. The van der Waals surface area contributed by atoms with Crippen molar-refractivity contribution in [2.24, 2.45) is 0 Å². The number of aromatic hydroxyl groups is 1. The lowest BCUT2D eigenvalue weighted by Gasteiger charge is -2.07. The number of amides is 2. The normalized spacial score (nSPS) is 10.6. The number of hydrogen-bond donors (Lipinski definition) is 3. The van der Waals surface area contributed by atoms with Gasteiger partial charge in [-0.1, -0.05) is 23.8 Å². The van der Waals surface area contributed by atoms with E-state index in [2.05, 4.69) is 20.8 Å². The third kappa shape index (κ3) is 5.66. The molecule has 0 saturated carbocycles. The van der Waals surface area contributed by atoms with E-state index in [4.69, 9.17) is 4.42 Å². The lowest BCUT2D eigenvalue weighted by Crippen LogP contribution is -2.29. The Morgan fingerprint density at radius 1 is 0.794 bits per heavy atom. The summed E-state index contributed by atoms with van der Waals surface area (Å²) in [6.45, 7) is 2.80. The molecule has 3 aromatic carbocycles. The minimum atomic E-state index is -0.274. The Hall–Kier alpha value is -4.46. The molecule has 1 aromatic heterocycles. The van der Waals surface area contributed by atoms with E-state index in [1.807, 2.05) is 31.2 Å². The standard InChI is InChI=1S/C26H24N4O4/c1-17-5-2-7-21(15-17)26-30-29-25(34-26)19-11-9-18(10-12-19)23(32)27-13-4-14-28-24(33)20-6-3-8-22(31)16-20/h2-3,5-12,15-16,31H,4,13-14H2,1H3,(H,27,32)(H,28,33). The van der Waals surface area contributed by atoms with E-state index >= 15 is 0 Å². The van der Waals surface area contributed by atoms with Crippen molar-refractivity contribution >= 4 is 11.8 Å². The Morgan fingerprint density at radius 2 is 1.44 bits per heavy atom. The van der Waals surface area contributed by atoms with E-state index in [1.54, 1.807) is 36.4 Å². The van der Waals surface area contributed by atoms with Gasteiger partial charge in [0.1, 0.15) is 5.75 Å². The van der Waals surface area contributed by atoms with Gasteiger partial charge < -0.3 is 20.2 Å². The first-order chi connectivity index (χ1) is 16.5. The number of aryl methyl sites for hydroxylation is 1. The Bertz CT molecular complexity index is 1300. The molecular formula is C26H24N4O4. The van der Waals surface area contributed by atoms with Crippen LogP contribution in [0.4, 0.5) is 0 Å². The maximum absolute atomic E-state index is 12.4. The van der Waals surface area contributed by atoms with Gasteiger partial charge >= 0.3 is 0 Å². The summed E-state index contributed by atoms with van der Waals surface area (Å²) < 4.78 is 5.79. The van der Waals surface area contributed by atoms with Crippen molar-refractivity contribution in [1.29, 1.82) is 0 Å². The first-order valence-corrected chi connectivity index (χ1v) is 10.9. The minimum Gasteiger partial charge on any atom is -0.508 e. The van der Waals surface area contributed by atoms with Crippen LogP contribution >= 0.6 is 0 Å². The van der Waals surface area contributed by atoms with E-state index in [0.717, 1.165) is 16.7 Å². The van der Waals surface area contributed by atoms with Crippen molar-refractivity contribution in [2.75, 3.05) is 13.1 Å². The number of phenolic OH excluding ortho intramolecular Hbond substituents is 1. The van der Waals surface area contributed by atoms with Gasteiger partial charge in [-0.25, -0.2) is 0 Å². The zero-order valence-corrected chi connectivity index (χ0v) is 18.6. The topological polar surface area (TPSA) is 117 Å². The third-order valence-electron chi connectivity index (χ3n) is 5.12. The average molecular weight is 457 g/mol. The van der Waals surface area contributed by atoms with Crippen LogP contribution in [0.1, 0.15) is 32.7 Å². The smallest absolute Gasteiger partial charge is 0.251 e. The number of carbonyl (C=O) groups excluding carboxylic acids is 2. The summed E-state index contributed by atoms with van der Waals surface area (Å²) in [7, 11) is 0. The highest BCUT2D eigenvalue weighted by Crippen LogP contribution is 2.24. The lowest BCUT2D eigenvalue weighted by molar-refractivity contribution is 0.0951. The van der Waals surface area contributed by atoms with Crippen LogP contribution in [0.5, 0.6) is 5.75 Å². The molecule has 8 heteroatoms. The molecule has 2 amide bonds. The third-order valence-corrected chi connectivity index (χ3v) is 5.12. The van der Waals surface area contributed by atoms with Gasteiger partial charge in [-0.2, -0.15) is 0 Å². The van der Waals surface area contributed by atoms with Gasteiger partial charge in [0.15, 0.2) is 0 Å². The molecule has 0 unspecified atom stereocenters. The zero-order chi connectivity index (χ0) is 23.9. The first kappa shape index (κ1) is 22.7. The van der Waals surface area contributed by atoms with Crippen molar-refractivity contribution in [1.82, 2.24) is 20.8 Å². The first-order valence-electron chi connectivity index (χ1n) is 10.9. The number of nitrogens with zero attached hydrogens (tertiary/aromatic N) is 2. The average Bonchev–Trinajstić information content (AvgIpc) is 3.34. The Labute approximate surface area is 196 Å². The minimum absolute atomic E-state index is 0.0387. The molecule has 4 rings (SSSR count). The molecule has 0 bridgehead atoms. The molecule has 0 aliphatic rings. The maximum Gasteiger partial charge on any atom is 0.251 e. The van der Waals surface area contributed by atoms with Gasteiger partial charge in [0.2, 0.25) is 11.8 Å². The Balaban J connectivity index is 1.25. The highest BCUT2D eigenvalue weighted by molar-refractivity contribution is 5.95. The fourth-order valence-corrected chi connectivity index (χ4v) is 3.34. The zero-order valence-electron chi connectivity index (χ0n) is 18.6. The molecule has 0 spiro atoms. The second kappa shape index (κ2) is 10.4. The van der Waals surface area contributed by atoms with E-state index < -0.39 is 0 Å². The molecule has 34 heavy (non-hydrogen) atoms. The van der Waals surface area contributed by atoms with Crippen LogP contribution in [0.15, 0.2) is 77.2 Å². The van der Waals surface area contributed by atoms with Gasteiger partial charge in [-0.3, -0.25) is 9.59 Å². The second-order valence-corrected chi connectivity index (χ2v) is 7.77. The molecule has 0 saturated heterocycles. The van der Waals surface area contributed by atoms with Crippen molar-refractivity contribution in [3.05, 3.63) is 89.5 Å². The predicted molar refractivity (Wildman–Crippen MR) is 127 cm³/mol. The van der Waals surface area contributed by atoms with E-state index in [0.29, 0.717) is 42.4 Å². The van der Waals surface area contributed by atoms with E-state index in [-0.39, 0.29) is 17.6 Å². The summed E-state index contributed by atoms with van der Waals surface area (Å²) in [6, 6.07) is 20.9. The van der Waals surface area contributed by atoms with Crippen molar-refractivity contribution in [2.45, 2.75) is 13.3 Å². The van der Waals surface area contributed by atoms with Gasteiger partial charge in [0, 0.05) is 35.3 Å². The summed E-state index contributed by atoms with van der Waals surface area (Å²) in [4.78, 5) is 24.4. The fourth-order valence-electron chi connectivity index (χ4n) is 3.34. The van der Waals surface area contributed by atoms with Crippen molar-refractivity contribution in [3.8, 4) is 28.7 Å². The van der Waals surface area contributed by atoms with Gasteiger partial charge in [0.05, 0.1) is 0 Å². The molecule has 4 aromatic rings. The lowest BCUT2D eigenvalue weighted by atomic mass is 10.1. The van der Waals surface area contributed by atoms with Crippen LogP contribution in [-0.4, -0.2) is 40.2 Å². The van der Waals surface area contributed by atoms with Gasteiger partial charge in [-0.05, 0) is 67.9 Å². The van der Waals surface area contributed by atoms with Crippen LogP contribution in [0.25, 0.3) is 22.9 Å². The van der Waals surface area contributed by atoms with E-state index in [9.17, 15) is 14.7 Å². The largest absolute Gasteiger partial charge is 0.508 e. The molecule has 0 fully saturated rings. The quantitative estimate of drug-likeness (QED) is 0.346. The van der Waals surface area contributed by atoms with Crippen LogP contribution in [0.2, 0.25) is 0 Å². The van der Waals surface area contributed by atoms with Crippen LogP contribution in [0.3, 0.4) is 0 Å². The van der Waals surface area contributed by atoms with Crippen LogP contribution in [0, 0.1) is 6.92 Å². The second-order valence-electron chi connectivity index (χ2n) is 7.77. The summed E-state index contributed by atoms with van der Waals surface area (Å²) in [5.41, 5.74) is 3.57. The summed E-state index contributed by atoms with van der Waals surface area (Å²) in [5, 5.41) is 23.3. The van der Waals surface area contributed by atoms with Gasteiger partial charge in [-0.15, -0.1) is 10.2 Å². The molecule has 0 radical (unpaired) electrons. The number of nitrogens with one attached hydrogen (secondary N) is 2. The number of hydrogen-bond acceptors (Lipinski definition) is 6. The molecule has 8 nitrogen and oxygen atoms in total. The molecule has 0 atom stereocenters. The number of rotatable bonds is 8. The molecule has 0 aliphatic carbocycles. The van der Waals surface area contributed by atoms with E-state index in [1.165, 1.54) is 12.1 Å². The number of benzene rings is 3. The van der Waals surface area contributed by atoms with Crippen LogP contribution in [-0.2, 0) is 0 Å². The van der Waals surface area contributed by atoms with Crippen molar-refractivity contribution in [3.63, 3.8) is 0 Å². The monoisotopic (exact) mass is 456 g/mol. The molecular weight excluding hydrogens is 432 g/mol. The molecule has 3 N–H and O–H groups in total. The highest BCUT2D eigenvalue weighted by atomic mass is 16.4. The fraction of sp³-hybridized carbons (Fsp3) is 0.154. The number of carbonyl (C=O) groups is 2. The van der Waals surface area contributed by atoms with Crippen molar-refractivity contribution < 1.29 is 19.1 Å². The SMILES string of the molecule is Cc1cccc(-c2nnc(-c3ccc(C(=O)NCCCNC(=O)c4cccc(O)c4)cc3)o2)c1. The summed E-state index contributed by atoms with van der Waals surface area (Å²) in [5.74, 6) is 0.376. The Morgan fingerprint density at radius 3 is 2.12 bits per heavy atom. The summed E-state index contributed by atoms with van der Waals surface area (Å²) in [6.07, 6.45) is 0.568. The molecule has 1 heterocycles. The number of phenols is 1. The summed E-state index contributed by atoms with van der Waals surface area (Å²) >= 11 is 0. The number of aromatic nitrogens is 2. The predicted octanol–water partition coefficient (Wildman–Crippen LogP) is 3.97. The highest BCUT2D eigenvalue weighted by Gasteiger charge is 2.12. The Kier molecular flexibility index (Phi) is 6.98. The van der Waals surface area contributed by atoms with Gasteiger partial charge in [0.25, 0.3) is 11.8 Å². The molecule has 0 aliphatic heterocycles. The molecule has 172 valence electrons. The van der Waals surface area contributed by atoms with Crippen LogP contribution < -0.4 is 10.6 Å².